The van der Waals surface area contributed by atoms with Crippen molar-refractivity contribution in [2.45, 2.75) is 38.5 Å². The Morgan fingerprint density at radius 2 is 1.82 bits per heavy atom. The monoisotopic (exact) mass is 231 g/mol. The normalized spacial score (nSPS) is 16.8. The molecule has 0 atom stereocenters. The quantitative estimate of drug-likeness (QED) is 0.850. The third kappa shape index (κ3) is 3.32. The standard InChI is InChI=1S/C15H21NO/c1-16-15(17)14-9-7-13(8-10-14)11-12-5-3-2-4-6-12/h7-10,12H,2-6,11H2,1H3,(H,16,17). The van der Waals surface area contributed by atoms with E-state index in [-0.39, 0.29) is 5.91 Å². The van der Waals surface area contributed by atoms with Gasteiger partial charge in [-0.2, -0.15) is 0 Å². The third-order valence-electron chi connectivity index (χ3n) is 3.69. The van der Waals surface area contributed by atoms with E-state index in [1.54, 1.807) is 7.05 Å². The van der Waals surface area contributed by atoms with Crippen LogP contribution in [0.4, 0.5) is 0 Å². The van der Waals surface area contributed by atoms with Crippen molar-refractivity contribution >= 4 is 5.91 Å². The van der Waals surface area contributed by atoms with Gasteiger partial charge in [0.25, 0.3) is 5.91 Å². The van der Waals surface area contributed by atoms with Crippen molar-refractivity contribution in [3.63, 3.8) is 0 Å². The van der Waals surface area contributed by atoms with Crippen molar-refractivity contribution in [1.29, 1.82) is 0 Å². The van der Waals surface area contributed by atoms with Gasteiger partial charge in [-0.3, -0.25) is 4.79 Å². The predicted octanol–water partition coefficient (Wildman–Crippen LogP) is 3.17. The summed E-state index contributed by atoms with van der Waals surface area (Å²) in [5, 5.41) is 2.64. The van der Waals surface area contributed by atoms with Crippen LogP contribution in [0.3, 0.4) is 0 Å². The van der Waals surface area contributed by atoms with Crippen LogP contribution >= 0.6 is 0 Å². The molecule has 1 aromatic rings. The number of hydrogen-bond donors (Lipinski definition) is 1. The van der Waals surface area contributed by atoms with Gasteiger partial charge in [0, 0.05) is 12.6 Å². The molecule has 0 radical (unpaired) electrons. The minimum absolute atomic E-state index is 0.00536. The molecule has 1 fully saturated rings. The van der Waals surface area contributed by atoms with E-state index in [0.29, 0.717) is 0 Å². The van der Waals surface area contributed by atoms with Gasteiger partial charge in [0.15, 0.2) is 0 Å². The van der Waals surface area contributed by atoms with Gasteiger partial charge in [0.2, 0.25) is 0 Å². The maximum Gasteiger partial charge on any atom is 0.251 e. The number of carbonyl (C=O) groups excluding carboxylic acids is 1. The van der Waals surface area contributed by atoms with Gasteiger partial charge in [0.05, 0.1) is 0 Å². The fourth-order valence-electron chi connectivity index (χ4n) is 2.66. The highest BCUT2D eigenvalue weighted by molar-refractivity contribution is 5.93. The Kier molecular flexibility index (Phi) is 4.18. The van der Waals surface area contributed by atoms with E-state index in [9.17, 15) is 4.79 Å². The number of benzene rings is 1. The van der Waals surface area contributed by atoms with Gasteiger partial charge in [-0.15, -0.1) is 0 Å². The molecule has 2 heteroatoms. The lowest BCUT2D eigenvalue weighted by Gasteiger charge is -2.21. The van der Waals surface area contributed by atoms with Crippen molar-refractivity contribution in [3.8, 4) is 0 Å². The maximum atomic E-state index is 11.4. The van der Waals surface area contributed by atoms with Crippen LogP contribution in [0.1, 0.15) is 48.0 Å². The first-order valence-electron chi connectivity index (χ1n) is 6.60. The Balaban J connectivity index is 1.95. The third-order valence-corrected chi connectivity index (χ3v) is 3.69. The van der Waals surface area contributed by atoms with E-state index < -0.39 is 0 Å². The van der Waals surface area contributed by atoms with Crippen LogP contribution in [0, 0.1) is 5.92 Å². The van der Waals surface area contributed by atoms with Crippen LogP contribution in [-0.2, 0) is 6.42 Å². The second-order valence-corrected chi connectivity index (χ2v) is 4.98. The molecule has 1 aliphatic rings. The molecule has 1 aromatic carbocycles. The smallest absolute Gasteiger partial charge is 0.251 e. The highest BCUT2D eigenvalue weighted by atomic mass is 16.1. The maximum absolute atomic E-state index is 11.4. The number of rotatable bonds is 3. The second-order valence-electron chi connectivity index (χ2n) is 4.98. The Hall–Kier alpha value is -1.31. The van der Waals surface area contributed by atoms with Gasteiger partial charge in [0.1, 0.15) is 0 Å². The Labute approximate surface area is 103 Å². The number of amides is 1. The summed E-state index contributed by atoms with van der Waals surface area (Å²) < 4.78 is 0. The molecule has 0 unspecified atom stereocenters. The SMILES string of the molecule is CNC(=O)c1ccc(CC2CCCCC2)cc1. The first-order valence-corrected chi connectivity index (χ1v) is 6.60. The largest absolute Gasteiger partial charge is 0.355 e. The molecule has 0 bridgehead atoms. The lowest BCUT2D eigenvalue weighted by molar-refractivity contribution is 0.0963. The van der Waals surface area contributed by atoms with E-state index in [4.69, 9.17) is 0 Å². The van der Waals surface area contributed by atoms with Crippen LogP contribution in [0.2, 0.25) is 0 Å². The Morgan fingerprint density at radius 3 is 2.41 bits per heavy atom. The summed E-state index contributed by atoms with van der Waals surface area (Å²) in [6, 6.07) is 8.05. The molecule has 17 heavy (non-hydrogen) atoms. The molecule has 1 amide bonds. The molecule has 1 aliphatic carbocycles. The molecule has 0 heterocycles. The van der Waals surface area contributed by atoms with E-state index >= 15 is 0 Å². The molecule has 0 saturated heterocycles. The van der Waals surface area contributed by atoms with E-state index in [2.05, 4.69) is 17.4 Å². The number of nitrogens with one attached hydrogen (secondary N) is 1. The average Bonchev–Trinajstić information content (AvgIpc) is 2.40. The number of carbonyl (C=O) groups is 1. The Bertz CT molecular complexity index is 363. The van der Waals surface area contributed by atoms with Crippen LogP contribution in [0.15, 0.2) is 24.3 Å². The van der Waals surface area contributed by atoms with Gasteiger partial charge in [-0.1, -0.05) is 44.2 Å². The van der Waals surface area contributed by atoms with Gasteiger partial charge >= 0.3 is 0 Å². The summed E-state index contributed by atoms with van der Waals surface area (Å²) in [6.07, 6.45) is 8.11. The van der Waals surface area contributed by atoms with E-state index in [1.165, 1.54) is 44.1 Å². The number of hydrogen-bond acceptors (Lipinski definition) is 1. The minimum Gasteiger partial charge on any atom is -0.355 e. The van der Waals surface area contributed by atoms with Crippen molar-refractivity contribution in [2.24, 2.45) is 5.92 Å². The first kappa shape index (κ1) is 12.2. The van der Waals surface area contributed by atoms with Gasteiger partial charge in [-0.05, 0) is 30.0 Å². The summed E-state index contributed by atoms with van der Waals surface area (Å²) >= 11 is 0. The molecule has 92 valence electrons. The van der Waals surface area contributed by atoms with Crippen molar-refractivity contribution in [3.05, 3.63) is 35.4 Å². The molecule has 0 aromatic heterocycles. The molecule has 2 rings (SSSR count). The topological polar surface area (TPSA) is 29.1 Å². The van der Waals surface area contributed by atoms with Gasteiger partial charge in [-0.25, -0.2) is 0 Å². The molecule has 2 nitrogen and oxygen atoms in total. The van der Waals surface area contributed by atoms with Gasteiger partial charge < -0.3 is 5.32 Å². The summed E-state index contributed by atoms with van der Waals surface area (Å²) in [7, 11) is 1.66. The van der Waals surface area contributed by atoms with E-state index in [1.807, 2.05) is 12.1 Å². The fourth-order valence-corrected chi connectivity index (χ4v) is 2.66. The molecule has 1 saturated carbocycles. The summed E-state index contributed by atoms with van der Waals surface area (Å²) in [5.41, 5.74) is 2.12. The predicted molar refractivity (Wildman–Crippen MR) is 70.1 cm³/mol. The molecule has 0 aliphatic heterocycles. The molecular formula is C15H21NO. The lowest BCUT2D eigenvalue weighted by atomic mass is 9.85. The van der Waals surface area contributed by atoms with Crippen LogP contribution in [0.25, 0.3) is 0 Å². The summed E-state index contributed by atoms with van der Waals surface area (Å²) in [6.45, 7) is 0. The molecule has 1 N–H and O–H groups in total. The average molecular weight is 231 g/mol. The minimum atomic E-state index is -0.00536. The molecular weight excluding hydrogens is 210 g/mol. The van der Waals surface area contributed by atoms with Crippen molar-refractivity contribution in [2.75, 3.05) is 7.05 Å². The van der Waals surface area contributed by atoms with Crippen LogP contribution in [-0.4, -0.2) is 13.0 Å². The van der Waals surface area contributed by atoms with Crippen molar-refractivity contribution < 1.29 is 4.79 Å². The zero-order valence-electron chi connectivity index (χ0n) is 10.5. The summed E-state index contributed by atoms with van der Waals surface area (Å²) in [5.74, 6) is 0.851. The zero-order valence-corrected chi connectivity index (χ0v) is 10.5. The zero-order chi connectivity index (χ0) is 12.1. The lowest BCUT2D eigenvalue weighted by Crippen LogP contribution is -2.17. The summed E-state index contributed by atoms with van der Waals surface area (Å²) in [4.78, 5) is 11.4. The van der Waals surface area contributed by atoms with Crippen LogP contribution < -0.4 is 5.32 Å². The fraction of sp³-hybridized carbons (Fsp3) is 0.533. The first-order chi connectivity index (χ1) is 8.29. The van der Waals surface area contributed by atoms with Crippen molar-refractivity contribution in [1.82, 2.24) is 5.32 Å². The molecule has 0 spiro atoms. The highest BCUT2D eigenvalue weighted by Crippen LogP contribution is 2.26. The van der Waals surface area contributed by atoms with Crippen LogP contribution in [0.5, 0.6) is 0 Å². The second kappa shape index (κ2) is 5.85. The highest BCUT2D eigenvalue weighted by Gasteiger charge is 2.13. The Morgan fingerprint density at radius 1 is 1.18 bits per heavy atom. The van der Waals surface area contributed by atoms with E-state index in [0.717, 1.165) is 11.5 Å².